The smallest absolute Gasteiger partial charge is 0.221 e. The standard InChI is InChI=1S/C13H13NO3/c1-15-8-3-4-11-10(7-8)12(16-2)9-5-6-17-13(9)14-11/h3-4,7H,5-6H2,1-2H3. The van der Waals surface area contributed by atoms with E-state index in [2.05, 4.69) is 4.98 Å². The number of fused-ring (bicyclic) bond motifs is 2. The van der Waals surface area contributed by atoms with Gasteiger partial charge in [0.05, 0.1) is 31.9 Å². The second-order valence-corrected chi connectivity index (χ2v) is 3.91. The van der Waals surface area contributed by atoms with Crippen LogP contribution >= 0.6 is 0 Å². The lowest BCUT2D eigenvalue weighted by atomic mass is 10.1. The number of aromatic nitrogens is 1. The van der Waals surface area contributed by atoms with Gasteiger partial charge in [0.1, 0.15) is 11.5 Å². The summed E-state index contributed by atoms with van der Waals surface area (Å²) in [4.78, 5) is 4.48. The molecule has 0 atom stereocenters. The first-order valence-electron chi connectivity index (χ1n) is 5.51. The molecule has 0 amide bonds. The third-order valence-electron chi connectivity index (χ3n) is 3.00. The lowest BCUT2D eigenvalue weighted by Crippen LogP contribution is -1.94. The van der Waals surface area contributed by atoms with Gasteiger partial charge in [0, 0.05) is 11.8 Å². The van der Waals surface area contributed by atoms with Crippen molar-refractivity contribution in [1.82, 2.24) is 4.98 Å². The molecule has 0 saturated carbocycles. The molecular weight excluding hydrogens is 218 g/mol. The van der Waals surface area contributed by atoms with Crippen LogP contribution in [0.4, 0.5) is 0 Å². The van der Waals surface area contributed by atoms with Gasteiger partial charge < -0.3 is 14.2 Å². The van der Waals surface area contributed by atoms with Crippen molar-refractivity contribution in [3.8, 4) is 17.4 Å². The van der Waals surface area contributed by atoms with Crippen molar-refractivity contribution in [3.63, 3.8) is 0 Å². The SMILES string of the molecule is COc1ccc2nc3c(c(OC)c2c1)CCO3. The minimum Gasteiger partial charge on any atom is -0.497 e. The molecule has 1 aromatic heterocycles. The van der Waals surface area contributed by atoms with E-state index in [1.165, 1.54) is 0 Å². The van der Waals surface area contributed by atoms with E-state index < -0.39 is 0 Å². The number of methoxy groups -OCH3 is 2. The van der Waals surface area contributed by atoms with Crippen molar-refractivity contribution in [2.45, 2.75) is 6.42 Å². The minimum absolute atomic E-state index is 0.673. The molecule has 0 bridgehead atoms. The molecule has 0 aliphatic carbocycles. The Bertz CT molecular complexity index is 580. The summed E-state index contributed by atoms with van der Waals surface area (Å²) < 4.78 is 16.2. The van der Waals surface area contributed by atoms with E-state index in [4.69, 9.17) is 14.2 Å². The quantitative estimate of drug-likeness (QED) is 0.794. The molecule has 88 valence electrons. The van der Waals surface area contributed by atoms with Crippen LogP contribution in [0.3, 0.4) is 0 Å². The van der Waals surface area contributed by atoms with Gasteiger partial charge in [-0.15, -0.1) is 0 Å². The summed E-state index contributed by atoms with van der Waals surface area (Å²) in [6, 6.07) is 5.74. The molecule has 4 nitrogen and oxygen atoms in total. The Morgan fingerprint density at radius 2 is 2.12 bits per heavy atom. The van der Waals surface area contributed by atoms with E-state index >= 15 is 0 Å². The Hall–Kier alpha value is -1.97. The van der Waals surface area contributed by atoms with Crippen LogP contribution in [0.25, 0.3) is 10.9 Å². The van der Waals surface area contributed by atoms with E-state index in [-0.39, 0.29) is 0 Å². The van der Waals surface area contributed by atoms with Crippen molar-refractivity contribution >= 4 is 10.9 Å². The molecule has 0 radical (unpaired) electrons. The molecule has 0 saturated heterocycles. The fourth-order valence-electron chi connectivity index (χ4n) is 2.18. The van der Waals surface area contributed by atoms with E-state index in [0.29, 0.717) is 12.5 Å². The van der Waals surface area contributed by atoms with Crippen LogP contribution in [0, 0.1) is 0 Å². The first-order chi connectivity index (χ1) is 8.33. The molecule has 2 heterocycles. The van der Waals surface area contributed by atoms with Crippen LogP contribution in [0.15, 0.2) is 18.2 Å². The van der Waals surface area contributed by atoms with Crippen molar-refractivity contribution < 1.29 is 14.2 Å². The van der Waals surface area contributed by atoms with Gasteiger partial charge in [-0.25, -0.2) is 4.98 Å². The van der Waals surface area contributed by atoms with Gasteiger partial charge in [0.2, 0.25) is 5.88 Å². The fourth-order valence-corrected chi connectivity index (χ4v) is 2.18. The zero-order valence-electron chi connectivity index (χ0n) is 9.82. The number of hydrogen-bond donors (Lipinski definition) is 0. The summed E-state index contributed by atoms with van der Waals surface area (Å²) in [5.41, 5.74) is 1.91. The summed E-state index contributed by atoms with van der Waals surface area (Å²) in [7, 11) is 3.32. The highest BCUT2D eigenvalue weighted by molar-refractivity contribution is 5.89. The van der Waals surface area contributed by atoms with Crippen LogP contribution in [0.1, 0.15) is 5.56 Å². The van der Waals surface area contributed by atoms with Crippen molar-refractivity contribution in [2.24, 2.45) is 0 Å². The maximum Gasteiger partial charge on any atom is 0.221 e. The Morgan fingerprint density at radius 3 is 2.88 bits per heavy atom. The molecule has 2 aromatic rings. The molecule has 17 heavy (non-hydrogen) atoms. The monoisotopic (exact) mass is 231 g/mol. The van der Waals surface area contributed by atoms with E-state index in [1.54, 1.807) is 14.2 Å². The van der Waals surface area contributed by atoms with Gasteiger partial charge in [-0.2, -0.15) is 0 Å². The van der Waals surface area contributed by atoms with Crippen molar-refractivity contribution in [3.05, 3.63) is 23.8 Å². The molecule has 1 aliphatic rings. The number of hydrogen-bond acceptors (Lipinski definition) is 4. The number of ether oxygens (including phenoxy) is 3. The van der Waals surface area contributed by atoms with Gasteiger partial charge in [0.15, 0.2) is 0 Å². The summed E-state index contributed by atoms with van der Waals surface area (Å²) >= 11 is 0. The van der Waals surface area contributed by atoms with Gasteiger partial charge >= 0.3 is 0 Å². The molecule has 1 aromatic carbocycles. The highest BCUT2D eigenvalue weighted by atomic mass is 16.5. The van der Waals surface area contributed by atoms with Gasteiger partial charge in [-0.05, 0) is 18.2 Å². The second kappa shape index (κ2) is 3.80. The molecular formula is C13H13NO3. The third-order valence-corrected chi connectivity index (χ3v) is 3.00. The Labute approximate surface area is 99.1 Å². The van der Waals surface area contributed by atoms with Crippen LogP contribution in [-0.4, -0.2) is 25.8 Å². The molecule has 0 spiro atoms. The summed E-state index contributed by atoms with van der Waals surface area (Å²) in [6.45, 7) is 0.673. The molecule has 1 aliphatic heterocycles. The minimum atomic E-state index is 0.673. The van der Waals surface area contributed by atoms with Crippen LogP contribution in [0.5, 0.6) is 17.4 Å². The molecule has 4 heteroatoms. The summed E-state index contributed by atoms with van der Waals surface area (Å²) in [5, 5.41) is 0.969. The maximum absolute atomic E-state index is 5.49. The lowest BCUT2D eigenvalue weighted by molar-refractivity contribution is 0.345. The van der Waals surface area contributed by atoms with Crippen molar-refractivity contribution in [1.29, 1.82) is 0 Å². The van der Waals surface area contributed by atoms with Crippen LogP contribution in [-0.2, 0) is 6.42 Å². The fraction of sp³-hybridized carbons (Fsp3) is 0.308. The third kappa shape index (κ3) is 1.48. The Balaban J connectivity index is 2.33. The van der Waals surface area contributed by atoms with E-state index in [0.717, 1.165) is 34.4 Å². The van der Waals surface area contributed by atoms with Gasteiger partial charge in [-0.3, -0.25) is 0 Å². The van der Waals surface area contributed by atoms with Crippen LogP contribution < -0.4 is 14.2 Å². The predicted octanol–water partition coefficient (Wildman–Crippen LogP) is 2.19. The first kappa shape index (κ1) is 10.2. The molecule has 0 N–H and O–H groups in total. The highest BCUT2D eigenvalue weighted by Crippen LogP contribution is 2.38. The van der Waals surface area contributed by atoms with Crippen molar-refractivity contribution in [2.75, 3.05) is 20.8 Å². The Kier molecular flexibility index (Phi) is 2.28. The molecule has 0 fully saturated rings. The summed E-state index contributed by atoms with van der Waals surface area (Å²) in [6.07, 6.45) is 0.846. The van der Waals surface area contributed by atoms with E-state index in [9.17, 15) is 0 Å². The molecule has 3 rings (SSSR count). The second-order valence-electron chi connectivity index (χ2n) is 3.91. The number of pyridine rings is 1. The summed E-state index contributed by atoms with van der Waals surface area (Å²) in [5.74, 6) is 2.34. The van der Waals surface area contributed by atoms with E-state index in [1.807, 2.05) is 18.2 Å². The highest BCUT2D eigenvalue weighted by Gasteiger charge is 2.21. The lowest BCUT2D eigenvalue weighted by Gasteiger charge is -2.10. The maximum atomic E-state index is 5.49. The van der Waals surface area contributed by atoms with Crippen LogP contribution in [0.2, 0.25) is 0 Å². The zero-order valence-corrected chi connectivity index (χ0v) is 9.82. The average molecular weight is 231 g/mol. The molecule has 0 unspecified atom stereocenters. The topological polar surface area (TPSA) is 40.6 Å². The number of nitrogens with zero attached hydrogens (tertiary/aromatic N) is 1. The predicted molar refractivity (Wildman–Crippen MR) is 64.0 cm³/mol. The number of benzene rings is 1. The Morgan fingerprint density at radius 1 is 1.24 bits per heavy atom. The average Bonchev–Trinajstić information content (AvgIpc) is 2.82. The van der Waals surface area contributed by atoms with Gasteiger partial charge in [0.25, 0.3) is 0 Å². The first-order valence-corrected chi connectivity index (χ1v) is 5.51. The largest absolute Gasteiger partial charge is 0.497 e. The van der Waals surface area contributed by atoms with Gasteiger partial charge in [-0.1, -0.05) is 0 Å². The zero-order chi connectivity index (χ0) is 11.8. The number of rotatable bonds is 2. The normalized spacial score (nSPS) is 13.3.